The fraction of sp³-hybridized carbons (Fsp3) is 0.438. The molecule has 3 heteroatoms. The first-order valence-corrected chi connectivity index (χ1v) is 7.17. The van der Waals surface area contributed by atoms with Crippen LogP contribution in [0.15, 0.2) is 24.4 Å². The molecule has 1 fully saturated rings. The van der Waals surface area contributed by atoms with Crippen LogP contribution in [0.4, 0.5) is 0 Å². The number of nitrogens with zero attached hydrogens (tertiary/aromatic N) is 2. The van der Waals surface area contributed by atoms with Gasteiger partial charge in [0, 0.05) is 35.9 Å². The fourth-order valence-electron chi connectivity index (χ4n) is 3.06. The van der Waals surface area contributed by atoms with Crippen molar-refractivity contribution in [3.8, 4) is 0 Å². The molecule has 2 aliphatic rings. The number of likely N-dealkylation sites (N-methyl/N-ethyl adjacent to an activating group) is 1. The van der Waals surface area contributed by atoms with E-state index in [2.05, 4.69) is 34.1 Å². The Kier molecular flexibility index (Phi) is 2.49. The molecule has 4 rings (SSSR count). The molecular formula is C16H19N3. The predicted octanol–water partition coefficient (Wildman–Crippen LogP) is 3.16. The highest BCUT2D eigenvalue weighted by Crippen LogP contribution is 2.45. The van der Waals surface area contributed by atoms with Crippen LogP contribution in [0.5, 0.6) is 0 Å². The third-order valence-corrected chi connectivity index (χ3v) is 4.32. The van der Waals surface area contributed by atoms with Gasteiger partial charge in [-0.3, -0.25) is 0 Å². The number of hydrogen-bond acceptors (Lipinski definition) is 2. The van der Waals surface area contributed by atoms with Gasteiger partial charge in [-0.05, 0) is 49.9 Å². The number of fused-ring (bicyclic) bond motifs is 1. The van der Waals surface area contributed by atoms with Crippen molar-refractivity contribution in [1.29, 1.82) is 0 Å². The maximum Gasteiger partial charge on any atom is 0.138 e. The van der Waals surface area contributed by atoms with Crippen LogP contribution in [0.2, 0.25) is 0 Å². The molecule has 3 heterocycles. The molecular weight excluding hydrogens is 234 g/mol. The summed E-state index contributed by atoms with van der Waals surface area (Å²) < 4.78 is 0. The SMILES string of the molecule is CN1CC=C(c2c(C3CC3)[nH]c3ncccc23)CC1. The first kappa shape index (κ1) is 11.2. The van der Waals surface area contributed by atoms with E-state index in [0.717, 1.165) is 31.1 Å². The zero-order chi connectivity index (χ0) is 12.8. The summed E-state index contributed by atoms with van der Waals surface area (Å²) in [5.74, 6) is 0.741. The Morgan fingerprint density at radius 1 is 1.37 bits per heavy atom. The highest BCUT2D eigenvalue weighted by atomic mass is 15.1. The van der Waals surface area contributed by atoms with E-state index in [1.165, 1.54) is 35.1 Å². The van der Waals surface area contributed by atoms with Crippen LogP contribution < -0.4 is 0 Å². The van der Waals surface area contributed by atoms with Crippen molar-refractivity contribution in [2.24, 2.45) is 0 Å². The summed E-state index contributed by atoms with van der Waals surface area (Å²) in [7, 11) is 2.19. The van der Waals surface area contributed by atoms with Gasteiger partial charge in [-0.1, -0.05) is 6.08 Å². The lowest BCUT2D eigenvalue weighted by Crippen LogP contribution is -2.23. The summed E-state index contributed by atoms with van der Waals surface area (Å²) in [5.41, 5.74) is 5.46. The molecule has 2 aromatic rings. The van der Waals surface area contributed by atoms with Crippen molar-refractivity contribution >= 4 is 16.6 Å². The summed E-state index contributed by atoms with van der Waals surface area (Å²) in [4.78, 5) is 10.4. The van der Waals surface area contributed by atoms with E-state index in [0.29, 0.717) is 0 Å². The van der Waals surface area contributed by atoms with Crippen molar-refractivity contribution in [3.63, 3.8) is 0 Å². The molecule has 0 atom stereocenters. The number of aromatic amines is 1. The van der Waals surface area contributed by atoms with E-state index in [4.69, 9.17) is 0 Å². The Labute approximate surface area is 113 Å². The molecule has 3 nitrogen and oxygen atoms in total. The Balaban J connectivity index is 1.89. The molecule has 98 valence electrons. The normalized spacial score (nSPS) is 20.8. The van der Waals surface area contributed by atoms with Gasteiger partial charge < -0.3 is 9.88 Å². The van der Waals surface area contributed by atoms with E-state index >= 15 is 0 Å². The number of rotatable bonds is 2. The molecule has 0 radical (unpaired) electrons. The lowest BCUT2D eigenvalue weighted by Gasteiger charge is -2.22. The maximum atomic E-state index is 4.49. The van der Waals surface area contributed by atoms with Gasteiger partial charge in [-0.25, -0.2) is 4.98 Å². The molecule has 0 saturated heterocycles. The first-order chi connectivity index (χ1) is 9.33. The van der Waals surface area contributed by atoms with Gasteiger partial charge in [-0.15, -0.1) is 0 Å². The van der Waals surface area contributed by atoms with Crippen LogP contribution in [0.3, 0.4) is 0 Å². The van der Waals surface area contributed by atoms with E-state index < -0.39 is 0 Å². The number of pyridine rings is 1. The highest BCUT2D eigenvalue weighted by molar-refractivity contribution is 5.93. The zero-order valence-electron chi connectivity index (χ0n) is 11.3. The molecule has 0 amide bonds. The van der Waals surface area contributed by atoms with Gasteiger partial charge in [0.15, 0.2) is 0 Å². The molecule has 0 unspecified atom stereocenters. The van der Waals surface area contributed by atoms with Crippen molar-refractivity contribution < 1.29 is 0 Å². The second kappa shape index (κ2) is 4.20. The van der Waals surface area contributed by atoms with Crippen molar-refractivity contribution in [3.05, 3.63) is 35.7 Å². The van der Waals surface area contributed by atoms with Gasteiger partial charge in [0.2, 0.25) is 0 Å². The molecule has 19 heavy (non-hydrogen) atoms. The lowest BCUT2D eigenvalue weighted by molar-refractivity contribution is 0.370. The monoisotopic (exact) mass is 253 g/mol. The van der Waals surface area contributed by atoms with Crippen molar-refractivity contribution in [2.45, 2.75) is 25.2 Å². The third-order valence-electron chi connectivity index (χ3n) is 4.32. The molecule has 2 aromatic heterocycles. The van der Waals surface area contributed by atoms with E-state index in [1.807, 2.05) is 12.3 Å². The second-order valence-electron chi connectivity index (χ2n) is 5.83. The minimum atomic E-state index is 0.741. The minimum Gasteiger partial charge on any atom is -0.342 e. The first-order valence-electron chi connectivity index (χ1n) is 7.17. The van der Waals surface area contributed by atoms with Crippen LogP contribution >= 0.6 is 0 Å². The standard InChI is InChI=1S/C16H19N3/c1-19-9-6-11(7-10-19)14-13-3-2-8-17-16(13)18-15(14)12-4-5-12/h2-3,6,8,12H,4-5,7,9-10H2,1H3,(H,17,18). The van der Waals surface area contributed by atoms with Gasteiger partial charge in [0.25, 0.3) is 0 Å². The van der Waals surface area contributed by atoms with E-state index in [-0.39, 0.29) is 0 Å². The van der Waals surface area contributed by atoms with Crippen molar-refractivity contribution in [1.82, 2.24) is 14.9 Å². The Hall–Kier alpha value is -1.61. The smallest absolute Gasteiger partial charge is 0.138 e. The maximum absolute atomic E-state index is 4.49. The predicted molar refractivity (Wildman–Crippen MR) is 78.2 cm³/mol. The summed E-state index contributed by atoms with van der Waals surface area (Å²) in [5, 5.41) is 1.31. The average Bonchev–Trinajstić information content (AvgIpc) is 3.21. The van der Waals surface area contributed by atoms with Gasteiger partial charge in [-0.2, -0.15) is 0 Å². The lowest BCUT2D eigenvalue weighted by atomic mass is 9.96. The molecule has 1 aliphatic heterocycles. The molecule has 0 aromatic carbocycles. The number of aromatic nitrogens is 2. The number of hydrogen-bond donors (Lipinski definition) is 1. The van der Waals surface area contributed by atoms with Gasteiger partial charge in [0.05, 0.1) is 0 Å². The Morgan fingerprint density at radius 3 is 3.00 bits per heavy atom. The van der Waals surface area contributed by atoms with Crippen molar-refractivity contribution in [2.75, 3.05) is 20.1 Å². The van der Waals surface area contributed by atoms with Crippen LogP contribution in [-0.4, -0.2) is 35.0 Å². The quantitative estimate of drug-likeness (QED) is 0.891. The van der Waals surface area contributed by atoms with Crippen LogP contribution in [0, 0.1) is 0 Å². The van der Waals surface area contributed by atoms with E-state index in [1.54, 1.807) is 0 Å². The average molecular weight is 253 g/mol. The van der Waals surface area contributed by atoms with E-state index in [9.17, 15) is 0 Å². The zero-order valence-corrected chi connectivity index (χ0v) is 11.3. The summed E-state index contributed by atoms with van der Waals surface area (Å²) >= 11 is 0. The number of nitrogens with one attached hydrogen (secondary N) is 1. The summed E-state index contributed by atoms with van der Waals surface area (Å²) in [6, 6.07) is 4.26. The summed E-state index contributed by atoms with van der Waals surface area (Å²) in [6.07, 6.45) is 8.07. The molecule has 0 bridgehead atoms. The fourth-order valence-corrected chi connectivity index (χ4v) is 3.06. The van der Waals surface area contributed by atoms with Crippen LogP contribution in [0.1, 0.15) is 36.4 Å². The largest absolute Gasteiger partial charge is 0.342 e. The third kappa shape index (κ3) is 1.89. The highest BCUT2D eigenvalue weighted by Gasteiger charge is 2.30. The Morgan fingerprint density at radius 2 is 2.26 bits per heavy atom. The summed E-state index contributed by atoms with van der Waals surface area (Å²) in [6.45, 7) is 2.22. The number of H-pyrrole nitrogens is 1. The molecule has 1 N–H and O–H groups in total. The molecule has 0 spiro atoms. The van der Waals surface area contributed by atoms with Gasteiger partial charge in [0.1, 0.15) is 5.65 Å². The van der Waals surface area contributed by atoms with Crippen LogP contribution in [-0.2, 0) is 0 Å². The van der Waals surface area contributed by atoms with Crippen LogP contribution in [0.25, 0.3) is 16.6 Å². The molecule has 1 aliphatic carbocycles. The topological polar surface area (TPSA) is 31.9 Å². The molecule has 1 saturated carbocycles. The Bertz CT molecular complexity index is 649. The minimum absolute atomic E-state index is 0.741. The second-order valence-corrected chi connectivity index (χ2v) is 5.83. The van der Waals surface area contributed by atoms with Gasteiger partial charge >= 0.3 is 0 Å².